The molecule has 2 nitrogen and oxygen atoms in total. The summed E-state index contributed by atoms with van der Waals surface area (Å²) in [7, 11) is 1.69. The number of hydrogen-bond donors (Lipinski definition) is 1. The fourth-order valence-electron chi connectivity index (χ4n) is 3.52. The minimum Gasteiger partial charge on any atom is -0.496 e. The molecule has 0 radical (unpaired) electrons. The number of nitrogens with two attached hydrogens (primary N) is 1. The van der Waals surface area contributed by atoms with E-state index in [0.29, 0.717) is 5.92 Å². The molecule has 0 bridgehead atoms. The van der Waals surface area contributed by atoms with Crippen LogP contribution in [0.1, 0.15) is 45.1 Å². The third-order valence-electron chi connectivity index (χ3n) is 5.05. The van der Waals surface area contributed by atoms with Crippen LogP contribution < -0.4 is 10.5 Å². The van der Waals surface area contributed by atoms with Gasteiger partial charge in [-0.05, 0) is 83.5 Å². The smallest absolute Gasteiger partial charge is 0.133 e. The molecule has 1 unspecified atom stereocenters. The lowest BCUT2D eigenvalue weighted by Gasteiger charge is -2.34. The van der Waals surface area contributed by atoms with E-state index < -0.39 is 0 Å². The Morgan fingerprint density at radius 3 is 2.33 bits per heavy atom. The fraction of sp³-hybridized carbons (Fsp3) is 0.667. The van der Waals surface area contributed by atoms with E-state index in [4.69, 9.17) is 10.5 Å². The second kappa shape index (κ2) is 7.64. The highest BCUT2D eigenvalue weighted by Crippen LogP contribution is 2.35. The molecule has 0 spiro atoms. The Hall–Kier alpha value is -0.540. The number of rotatable bonds is 5. The van der Waals surface area contributed by atoms with Gasteiger partial charge in [-0.2, -0.15) is 0 Å². The van der Waals surface area contributed by atoms with Crippen molar-refractivity contribution in [1.82, 2.24) is 0 Å². The van der Waals surface area contributed by atoms with Crippen molar-refractivity contribution in [3.05, 3.63) is 28.2 Å². The Morgan fingerprint density at radius 1 is 1.19 bits per heavy atom. The van der Waals surface area contributed by atoms with Crippen molar-refractivity contribution in [1.29, 1.82) is 0 Å². The first kappa shape index (κ1) is 16.8. The van der Waals surface area contributed by atoms with E-state index in [1.807, 2.05) is 6.07 Å². The van der Waals surface area contributed by atoms with Gasteiger partial charge in [0.1, 0.15) is 5.75 Å². The van der Waals surface area contributed by atoms with Gasteiger partial charge in [-0.15, -0.1) is 0 Å². The van der Waals surface area contributed by atoms with E-state index in [0.717, 1.165) is 28.5 Å². The minimum absolute atomic E-state index is 0.276. The Morgan fingerprint density at radius 2 is 1.81 bits per heavy atom. The van der Waals surface area contributed by atoms with Crippen LogP contribution in [0, 0.1) is 17.8 Å². The molecule has 1 aromatic rings. The van der Waals surface area contributed by atoms with Crippen molar-refractivity contribution < 1.29 is 4.74 Å². The van der Waals surface area contributed by atoms with E-state index in [9.17, 15) is 0 Å². The third kappa shape index (κ3) is 4.46. The quantitative estimate of drug-likeness (QED) is 0.825. The molecule has 2 N–H and O–H groups in total. The summed E-state index contributed by atoms with van der Waals surface area (Å²) in [5.74, 6) is 3.29. The molecule has 1 aromatic carbocycles. The molecule has 1 fully saturated rings. The maximum Gasteiger partial charge on any atom is 0.133 e. The topological polar surface area (TPSA) is 35.2 Å². The monoisotopic (exact) mass is 353 g/mol. The number of hydrogen-bond acceptors (Lipinski definition) is 2. The zero-order valence-corrected chi connectivity index (χ0v) is 15.0. The lowest BCUT2D eigenvalue weighted by Crippen LogP contribution is -2.35. The predicted octanol–water partition coefficient (Wildman–Crippen LogP) is 4.79. The summed E-state index contributed by atoms with van der Waals surface area (Å²) >= 11 is 3.55. The third-order valence-corrected chi connectivity index (χ3v) is 5.67. The normalized spacial score (nSPS) is 24.1. The van der Waals surface area contributed by atoms with Gasteiger partial charge in [0, 0.05) is 6.04 Å². The summed E-state index contributed by atoms with van der Waals surface area (Å²) in [6, 6.07) is 6.56. The summed E-state index contributed by atoms with van der Waals surface area (Å²) in [6.45, 7) is 4.69. The molecule has 1 atom stereocenters. The van der Waals surface area contributed by atoms with Crippen molar-refractivity contribution in [3.8, 4) is 5.75 Å². The molecule has 1 aliphatic rings. The predicted molar refractivity (Wildman–Crippen MR) is 92.7 cm³/mol. The van der Waals surface area contributed by atoms with E-state index in [1.54, 1.807) is 7.11 Å². The van der Waals surface area contributed by atoms with Gasteiger partial charge >= 0.3 is 0 Å². The van der Waals surface area contributed by atoms with Gasteiger partial charge in [0.2, 0.25) is 0 Å². The molecular formula is C18H28BrNO. The first-order valence-electron chi connectivity index (χ1n) is 8.09. The molecule has 0 heterocycles. The molecule has 21 heavy (non-hydrogen) atoms. The average molecular weight is 354 g/mol. The van der Waals surface area contributed by atoms with Crippen molar-refractivity contribution in [3.63, 3.8) is 0 Å². The summed E-state index contributed by atoms with van der Waals surface area (Å²) < 4.78 is 6.29. The van der Waals surface area contributed by atoms with Crippen molar-refractivity contribution in [2.24, 2.45) is 23.5 Å². The summed E-state index contributed by atoms with van der Waals surface area (Å²) in [5, 5.41) is 0. The van der Waals surface area contributed by atoms with Crippen LogP contribution in [0.5, 0.6) is 5.75 Å². The molecule has 0 saturated heterocycles. The Kier molecular flexibility index (Phi) is 6.12. The molecule has 1 aliphatic carbocycles. The van der Waals surface area contributed by atoms with Crippen LogP contribution in [0.3, 0.4) is 0 Å². The maximum atomic E-state index is 6.48. The van der Waals surface area contributed by atoms with Crippen molar-refractivity contribution in [2.75, 3.05) is 7.11 Å². The fourth-order valence-corrected chi connectivity index (χ4v) is 4.10. The van der Waals surface area contributed by atoms with E-state index in [2.05, 4.69) is 41.9 Å². The van der Waals surface area contributed by atoms with Crippen molar-refractivity contribution in [2.45, 2.75) is 52.0 Å². The first-order chi connectivity index (χ1) is 10.0. The lowest BCUT2D eigenvalue weighted by atomic mass is 9.74. The van der Waals surface area contributed by atoms with Gasteiger partial charge in [0.15, 0.2) is 0 Å². The molecule has 2 rings (SSSR count). The highest BCUT2D eigenvalue weighted by Gasteiger charge is 2.27. The SMILES string of the molecule is COc1ccc(CC(N)C2CCC(C(C)C)CC2)cc1Br. The zero-order chi connectivity index (χ0) is 15.4. The second-order valence-electron chi connectivity index (χ2n) is 6.76. The molecule has 0 amide bonds. The van der Waals surface area contributed by atoms with Gasteiger partial charge in [-0.1, -0.05) is 19.9 Å². The van der Waals surface area contributed by atoms with Crippen LogP contribution in [0.15, 0.2) is 22.7 Å². The van der Waals surface area contributed by atoms with Crippen LogP contribution in [0.4, 0.5) is 0 Å². The minimum atomic E-state index is 0.276. The van der Waals surface area contributed by atoms with Crippen molar-refractivity contribution >= 4 is 15.9 Å². The van der Waals surface area contributed by atoms with Crippen LogP contribution in [-0.2, 0) is 6.42 Å². The highest BCUT2D eigenvalue weighted by molar-refractivity contribution is 9.10. The largest absolute Gasteiger partial charge is 0.496 e. The molecular weight excluding hydrogens is 326 g/mol. The van der Waals surface area contributed by atoms with Gasteiger partial charge in [0.05, 0.1) is 11.6 Å². The second-order valence-corrected chi connectivity index (χ2v) is 7.61. The zero-order valence-electron chi connectivity index (χ0n) is 13.4. The van der Waals surface area contributed by atoms with E-state index in [1.165, 1.54) is 31.2 Å². The molecule has 0 aromatic heterocycles. The summed E-state index contributed by atoms with van der Waals surface area (Å²) in [6.07, 6.45) is 6.24. The van der Waals surface area contributed by atoms with Crippen LogP contribution in [-0.4, -0.2) is 13.2 Å². The number of ether oxygens (including phenoxy) is 1. The van der Waals surface area contributed by atoms with Gasteiger partial charge in [-0.25, -0.2) is 0 Å². The summed E-state index contributed by atoms with van der Waals surface area (Å²) in [5.41, 5.74) is 7.77. The van der Waals surface area contributed by atoms with Gasteiger partial charge < -0.3 is 10.5 Å². The first-order valence-corrected chi connectivity index (χ1v) is 8.88. The summed E-state index contributed by atoms with van der Waals surface area (Å²) in [4.78, 5) is 0. The average Bonchev–Trinajstić information content (AvgIpc) is 2.47. The van der Waals surface area contributed by atoms with Crippen LogP contribution >= 0.6 is 15.9 Å². The highest BCUT2D eigenvalue weighted by atomic mass is 79.9. The van der Waals surface area contributed by atoms with Gasteiger partial charge in [0.25, 0.3) is 0 Å². The van der Waals surface area contributed by atoms with E-state index >= 15 is 0 Å². The van der Waals surface area contributed by atoms with Crippen LogP contribution in [0.25, 0.3) is 0 Å². The maximum absolute atomic E-state index is 6.48. The number of methoxy groups -OCH3 is 1. The standard InChI is InChI=1S/C18H28BrNO/c1-12(2)14-5-7-15(8-6-14)17(20)11-13-4-9-18(21-3)16(19)10-13/h4,9-10,12,14-15,17H,5-8,11,20H2,1-3H3. The van der Waals surface area contributed by atoms with Gasteiger partial charge in [-0.3, -0.25) is 0 Å². The van der Waals surface area contributed by atoms with E-state index in [-0.39, 0.29) is 6.04 Å². The molecule has 3 heteroatoms. The molecule has 0 aliphatic heterocycles. The Balaban J connectivity index is 1.90. The lowest BCUT2D eigenvalue weighted by molar-refractivity contribution is 0.202. The number of halogens is 1. The Labute approximate surface area is 137 Å². The van der Waals surface area contributed by atoms with Crippen LogP contribution in [0.2, 0.25) is 0 Å². The molecule has 1 saturated carbocycles. The Bertz CT molecular complexity index is 453. The molecule has 118 valence electrons. The number of benzene rings is 1.